The number of carbonyl (C=O) groups is 1. The Kier molecular flexibility index (Phi) is 4.47. The molecule has 0 aliphatic carbocycles. The van der Waals surface area contributed by atoms with Crippen molar-refractivity contribution in [2.24, 2.45) is 0 Å². The molecule has 1 rings (SSSR count). The van der Waals surface area contributed by atoms with Gasteiger partial charge in [0.15, 0.2) is 0 Å². The number of pyridine rings is 1. The number of anilines is 1. The zero-order valence-corrected chi connectivity index (χ0v) is 8.21. The van der Waals surface area contributed by atoms with E-state index in [0.717, 1.165) is 12.8 Å². The lowest BCUT2D eigenvalue weighted by molar-refractivity contribution is 0.252. The van der Waals surface area contributed by atoms with Crippen molar-refractivity contribution in [3.63, 3.8) is 0 Å². The average Bonchev–Trinajstić information content (AvgIpc) is 2.20. The predicted octanol–water partition coefficient (Wildman–Crippen LogP) is 1.80. The molecule has 1 aromatic rings. The van der Waals surface area contributed by atoms with Gasteiger partial charge in [0, 0.05) is 12.7 Å². The number of hydrogen-bond acceptors (Lipinski definition) is 2. The third-order valence-electron chi connectivity index (χ3n) is 1.67. The van der Waals surface area contributed by atoms with Crippen LogP contribution in [0, 0.1) is 6.20 Å². The summed E-state index contributed by atoms with van der Waals surface area (Å²) in [5.41, 5.74) is 0.585. The summed E-state index contributed by atoms with van der Waals surface area (Å²) in [6, 6.07) is 3.28. The standard InChI is InChI=1S/C10H14N3O/c1-2-3-7-12-10(14)13-9-5-4-6-11-8-9/h4-6H,2-3,7H2,1H3,(H2,12,13,14). The summed E-state index contributed by atoms with van der Waals surface area (Å²) >= 11 is 0. The molecule has 0 aromatic carbocycles. The van der Waals surface area contributed by atoms with Crippen molar-refractivity contribution < 1.29 is 4.79 Å². The van der Waals surface area contributed by atoms with Gasteiger partial charge in [0.2, 0.25) is 0 Å². The molecule has 1 aromatic heterocycles. The highest BCUT2D eigenvalue weighted by molar-refractivity contribution is 5.88. The van der Waals surface area contributed by atoms with Gasteiger partial charge in [-0.15, -0.1) is 0 Å². The van der Waals surface area contributed by atoms with Crippen LogP contribution in [0.25, 0.3) is 0 Å². The first-order chi connectivity index (χ1) is 6.83. The molecule has 0 aliphatic rings. The van der Waals surface area contributed by atoms with Crippen LogP contribution in [0.2, 0.25) is 0 Å². The summed E-state index contributed by atoms with van der Waals surface area (Å²) in [6.45, 7) is 2.77. The topological polar surface area (TPSA) is 54.0 Å². The van der Waals surface area contributed by atoms with E-state index in [-0.39, 0.29) is 6.03 Å². The smallest absolute Gasteiger partial charge is 0.319 e. The van der Waals surface area contributed by atoms with Gasteiger partial charge in [0.25, 0.3) is 0 Å². The molecule has 0 aliphatic heterocycles. The molecule has 0 saturated carbocycles. The van der Waals surface area contributed by atoms with Gasteiger partial charge < -0.3 is 10.6 Å². The van der Waals surface area contributed by atoms with Gasteiger partial charge >= 0.3 is 6.03 Å². The van der Waals surface area contributed by atoms with Gasteiger partial charge in [-0.25, -0.2) is 4.79 Å². The second-order valence-corrected chi connectivity index (χ2v) is 2.90. The third kappa shape index (κ3) is 3.89. The summed E-state index contributed by atoms with van der Waals surface area (Å²) in [5, 5.41) is 5.37. The minimum Gasteiger partial charge on any atom is -0.338 e. The molecule has 4 nitrogen and oxygen atoms in total. The molecule has 2 amide bonds. The average molecular weight is 192 g/mol. The second kappa shape index (κ2) is 5.96. The van der Waals surface area contributed by atoms with Crippen molar-refractivity contribution in [1.29, 1.82) is 0 Å². The minimum atomic E-state index is -0.206. The molecule has 0 unspecified atom stereocenters. The number of unbranched alkanes of at least 4 members (excludes halogenated alkanes) is 1. The summed E-state index contributed by atoms with van der Waals surface area (Å²) in [5.74, 6) is 0. The Hall–Kier alpha value is -1.58. The number of urea groups is 1. The Morgan fingerprint density at radius 2 is 2.50 bits per heavy atom. The van der Waals surface area contributed by atoms with Gasteiger partial charge in [-0.3, -0.25) is 4.98 Å². The Balaban J connectivity index is 2.27. The van der Waals surface area contributed by atoms with Crippen LogP contribution in [0.15, 0.2) is 18.3 Å². The van der Waals surface area contributed by atoms with E-state index in [2.05, 4.69) is 28.7 Å². The van der Waals surface area contributed by atoms with Crippen LogP contribution >= 0.6 is 0 Å². The zero-order chi connectivity index (χ0) is 10.2. The van der Waals surface area contributed by atoms with Crippen molar-refractivity contribution in [3.05, 3.63) is 24.5 Å². The van der Waals surface area contributed by atoms with Crippen LogP contribution in [0.1, 0.15) is 19.8 Å². The first-order valence-corrected chi connectivity index (χ1v) is 4.70. The Morgan fingerprint density at radius 1 is 1.64 bits per heavy atom. The van der Waals surface area contributed by atoms with Crippen molar-refractivity contribution in [2.45, 2.75) is 19.8 Å². The Morgan fingerprint density at radius 3 is 3.14 bits per heavy atom. The molecule has 1 heterocycles. The van der Waals surface area contributed by atoms with Gasteiger partial charge in [-0.2, -0.15) is 0 Å². The van der Waals surface area contributed by atoms with E-state index in [4.69, 9.17) is 0 Å². The van der Waals surface area contributed by atoms with Gasteiger partial charge in [-0.1, -0.05) is 13.3 Å². The number of amides is 2. The van der Waals surface area contributed by atoms with Crippen LogP contribution < -0.4 is 10.6 Å². The van der Waals surface area contributed by atoms with Gasteiger partial charge in [0.1, 0.15) is 6.20 Å². The molecular formula is C10H14N3O. The largest absolute Gasteiger partial charge is 0.338 e. The van der Waals surface area contributed by atoms with Gasteiger partial charge in [-0.05, 0) is 18.6 Å². The van der Waals surface area contributed by atoms with Crippen LogP contribution in [0.3, 0.4) is 0 Å². The lowest BCUT2D eigenvalue weighted by Gasteiger charge is -2.05. The maximum Gasteiger partial charge on any atom is 0.319 e. The zero-order valence-electron chi connectivity index (χ0n) is 8.21. The third-order valence-corrected chi connectivity index (χ3v) is 1.67. The second-order valence-electron chi connectivity index (χ2n) is 2.90. The molecule has 0 spiro atoms. The van der Waals surface area contributed by atoms with E-state index in [0.29, 0.717) is 12.2 Å². The fraction of sp³-hybridized carbons (Fsp3) is 0.400. The molecule has 1 radical (unpaired) electrons. The first-order valence-electron chi connectivity index (χ1n) is 4.70. The molecule has 2 N–H and O–H groups in total. The number of nitrogens with zero attached hydrogens (tertiary/aromatic N) is 1. The van der Waals surface area contributed by atoms with E-state index in [9.17, 15) is 4.79 Å². The van der Waals surface area contributed by atoms with Crippen LogP contribution in [-0.4, -0.2) is 17.6 Å². The Labute approximate surface area is 83.7 Å². The molecular weight excluding hydrogens is 178 g/mol. The van der Waals surface area contributed by atoms with E-state index in [1.165, 1.54) is 0 Å². The fourth-order valence-electron chi connectivity index (χ4n) is 0.941. The summed E-state index contributed by atoms with van der Waals surface area (Å²) in [4.78, 5) is 15.0. The molecule has 0 saturated heterocycles. The summed E-state index contributed by atoms with van der Waals surface area (Å²) in [7, 11) is 0. The number of carbonyl (C=O) groups excluding carboxylic acids is 1. The molecule has 0 fully saturated rings. The Bertz CT molecular complexity index is 274. The monoisotopic (exact) mass is 192 g/mol. The molecule has 0 bridgehead atoms. The summed E-state index contributed by atoms with van der Waals surface area (Å²) in [6.07, 6.45) is 6.34. The highest BCUT2D eigenvalue weighted by atomic mass is 16.2. The number of nitrogens with one attached hydrogen (secondary N) is 2. The van der Waals surface area contributed by atoms with Crippen molar-refractivity contribution in [1.82, 2.24) is 10.3 Å². The first kappa shape index (κ1) is 10.5. The van der Waals surface area contributed by atoms with E-state index in [1.54, 1.807) is 18.3 Å². The number of hydrogen-bond donors (Lipinski definition) is 2. The van der Waals surface area contributed by atoms with Crippen molar-refractivity contribution >= 4 is 11.7 Å². The molecule has 14 heavy (non-hydrogen) atoms. The highest BCUT2D eigenvalue weighted by Gasteiger charge is 1.99. The number of aromatic nitrogens is 1. The predicted molar refractivity (Wildman–Crippen MR) is 55.0 cm³/mol. The summed E-state index contributed by atoms with van der Waals surface area (Å²) < 4.78 is 0. The molecule has 0 atom stereocenters. The lowest BCUT2D eigenvalue weighted by atomic mass is 10.3. The quantitative estimate of drug-likeness (QED) is 0.715. The van der Waals surface area contributed by atoms with E-state index in [1.807, 2.05) is 0 Å². The maximum atomic E-state index is 11.2. The van der Waals surface area contributed by atoms with Crippen LogP contribution in [-0.2, 0) is 0 Å². The van der Waals surface area contributed by atoms with Gasteiger partial charge in [0.05, 0.1) is 5.69 Å². The molecule has 4 heteroatoms. The molecule has 75 valence electrons. The minimum absolute atomic E-state index is 0.206. The van der Waals surface area contributed by atoms with Crippen LogP contribution in [0.4, 0.5) is 10.5 Å². The maximum absolute atomic E-state index is 11.2. The van der Waals surface area contributed by atoms with E-state index >= 15 is 0 Å². The van der Waals surface area contributed by atoms with Crippen LogP contribution in [0.5, 0.6) is 0 Å². The fourth-order valence-corrected chi connectivity index (χ4v) is 0.941. The normalized spacial score (nSPS) is 9.50. The van der Waals surface area contributed by atoms with E-state index < -0.39 is 0 Å². The number of rotatable bonds is 4. The lowest BCUT2D eigenvalue weighted by Crippen LogP contribution is -2.29. The highest BCUT2D eigenvalue weighted by Crippen LogP contribution is 2.00. The van der Waals surface area contributed by atoms with Crippen molar-refractivity contribution in [3.8, 4) is 0 Å². The van der Waals surface area contributed by atoms with Crippen molar-refractivity contribution in [2.75, 3.05) is 11.9 Å². The SMILES string of the molecule is CCCCNC(=O)Nc1[c]nccc1.